The Morgan fingerprint density at radius 1 is 0.291 bits per heavy atom. The van der Waals surface area contributed by atoms with E-state index >= 15 is 0 Å². The van der Waals surface area contributed by atoms with Crippen LogP contribution in [0, 0.1) is 22.7 Å². The van der Waals surface area contributed by atoms with Crippen molar-refractivity contribution in [2.45, 2.75) is 0 Å². The molecule has 0 aliphatic rings. The van der Waals surface area contributed by atoms with Crippen molar-refractivity contribution in [1.82, 2.24) is 13.7 Å². The summed E-state index contributed by atoms with van der Waals surface area (Å²) >= 11 is 0. The number of nitriles is 2. The average molecular weight is 700 g/mol. The van der Waals surface area contributed by atoms with Gasteiger partial charge in [-0.05, 0) is 90.0 Å². The second kappa shape index (κ2) is 11.8. The van der Waals surface area contributed by atoms with Crippen molar-refractivity contribution in [1.29, 1.82) is 10.5 Å². The first-order valence-corrected chi connectivity index (χ1v) is 18.3. The lowest BCUT2D eigenvalue weighted by molar-refractivity contribution is 1.15. The zero-order chi connectivity index (χ0) is 36.6. The molecule has 0 radical (unpaired) electrons. The number of nitrogens with zero attached hydrogens (tertiary/aromatic N) is 5. The second-order valence-corrected chi connectivity index (χ2v) is 14.0. The van der Waals surface area contributed by atoms with E-state index in [9.17, 15) is 10.5 Å². The Hall–Kier alpha value is -7.86. The molecule has 254 valence electrons. The summed E-state index contributed by atoms with van der Waals surface area (Å²) in [4.78, 5) is 0. The molecule has 3 aromatic heterocycles. The normalized spacial score (nSPS) is 11.6. The number of rotatable bonds is 4. The van der Waals surface area contributed by atoms with Gasteiger partial charge < -0.3 is 13.7 Å². The van der Waals surface area contributed by atoms with Crippen molar-refractivity contribution < 1.29 is 0 Å². The lowest BCUT2D eigenvalue weighted by Gasteiger charge is -2.14. The van der Waals surface area contributed by atoms with Gasteiger partial charge in [-0.3, -0.25) is 0 Å². The first kappa shape index (κ1) is 30.7. The van der Waals surface area contributed by atoms with E-state index in [2.05, 4.69) is 165 Å². The van der Waals surface area contributed by atoms with Crippen LogP contribution in [0.15, 0.2) is 176 Å². The number of aromatic nitrogens is 3. The van der Waals surface area contributed by atoms with E-state index in [1.165, 1.54) is 10.8 Å². The molecule has 11 rings (SSSR count). The SMILES string of the molecule is N#Cc1cc(-c2ccc(-n3c4ccccc4c4ccc(C#N)cc43)cc2)cc(-n2c3ccccc3c3ccc(-n4c5ccccc5c5ccccc54)cc32)c1. The molecule has 0 amide bonds. The highest BCUT2D eigenvalue weighted by atomic mass is 15.0. The predicted octanol–water partition coefficient (Wildman–Crippen LogP) is 12.4. The molecule has 5 heteroatoms. The quantitative estimate of drug-likeness (QED) is 0.184. The van der Waals surface area contributed by atoms with Gasteiger partial charge in [-0.15, -0.1) is 0 Å². The van der Waals surface area contributed by atoms with Crippen LogP contribution in [-0.2, 0) is 0 Å². The Balaban J connectivity index is 1.09. The molecule has 3 heterocycles. The topological polar surface area (TPSA) is 62.4 Å². The van der Waals surface area contributed by atoms with Crippen LogP contribution < -0.4 is 0 Å². The number of fused-ring (bicyclic) bond motifs is 9. The first-order valence-electron chi connectivity index (χ1n) is 18.3. The molecule has 0 spiro atoms. The van der Waals surface area contributed by atoms with Crippen LogP contribution in [0.3, 0.4) is 0 Å². The minimum atomic E-state index is 0.590. The van der Waals surface area contributed by atoms with E-state index in [1.807, 2.05) is 36.4 Å². The van der Waals surface area contributed by atoms with Crippen molar-refractivity contribution in [2.75, 3.05) is 0 Å². The minimum absolute atomic E-state index is 0.590. The predicted molar refractivity (Wildman–Crippen MR) is 224 cm³/mol. The van der Waals surface area contributed by atoms with Gasteiger partial charge in [0.2, 0.25) is 0 Å². The maximum Gasteiger partial charge on any atom is 0.0992 e. The van der Waals surface area contributed by atoms with Crippen molar-refractivity contribution in [3.63, 3.8) is 0 Å². The molecule has 0 N–H and O–H groups in total. The molecule has 8 aromatic carbocycles. The summed E-state index contributed by atoms with van der Waals surface area (Å²) in [5.74, 6) is 0. The molecular weight excluding hydrogens is 671 g/mol. The second-order valence-electron chi connectivity index (χ2n) is 14.0. The fourth-order valence-corrected chi connectivity index (χ4v) is 8.67. The summed E-state index contributed by atoms with van der Waals surface area (Å²) in [6.07, 6.45) is 0. The fraction of sp³-hybridized carbons (Fsp3) is 0. The van der Waals surface area contributed by atoms with Gasteiger partial charge in [0.25, 0.3) is 0 Å². The Morgan fingerprint density at radius 3 is 1.27 bits per heavy atom. The van der Waals surface area contributed by atoms with Crippen LogP contribution in [0.5, 0.6) is 0 Å². The fourth-order valence-electron chi connectivity index (χ4n) is 8.67. The van der Waals surface area contributed by atoms with E-state index < -0.39 is 0 Å². The van der Waals surface area contributed by atoms with Crippen molar-refractivity contribution >= 4 is 65.4 Å². The van der Waals surface area contributed by atoms with E-state index in [4.69, 9.17) is 0 Å². The van der Waals surface area contributed by atoms with E-state index in [-0.39, 0.29) is 0 Å². The molecule has 0 aliphatic carbocycles. The first-order chi connectivity index (χ1) is 27.2. The number of para-hydroxylation sites is 4. The summed E-state index contributed by atoms with van der Waals surface area (Å²) in [5.41, 5.74) is 12.7. The highest BCUT2D eigenvalue weighted by Gasteiger charge is 2.18. The maximum absolute atomic E-state index is 10.4. The van der Waals surface area contributed by atoms with Gasteiger partial charge in [-0.1, -0.05) is 97.1 Å². The minimum Gasteiger partial charge on any atom is -0.309 e. The van der Waals surface area contributed by atoms with Gasteiger partial charge in [-0.25, -0.2) is 0 Å². The highest BCUT2D eigenvalue weighted by molar-refractivity contribution is 6.12. The highest BCUT2D eigenvalue weighted by Crippen LogP contribution is 2.38. The Kier molecular flexibility index (Phi) is 6.61. The Bertz CT molecular complexity index is 3400. The number of hydrogen-bond donors (Lipinski definition) is 0. The van der Waals surface area contributed by atoms with E-state index in [0.717, 1.165) is 82.8 Å². The monoisotopic (exact) mass is 699 g/mol. The van der Waals surface area contributed by atoms with Crippen LogP contribution >= 0.6 is 0 Å². The average Bonchev–Trinajstić information content (AvgIpc) is 3.88. The molecule has 55 heavy (non-hydrogen) atoms. The van der Waals surface area contributed by atoms with E-state index in [1.54, 1.807) is 0 Å². The summed E-state index contributed by atoms with van der Waals surface area (Å²) < 4.78 is 6.87. The lowest BCUT2D eigenvalue weighted by atomic mass is 10.0. The third kappa shape index (κ3) is 4.58. The molecule has 11 aromatic rings. The molecule has 0 fully saturated rings. The van der Waals surface area contributed by atoms with Crippen LogP contribution in [0.2, 0.25) is 0 Å². The van der Waals surface area contributed by atoms with Crippen molar-refractivity contribution in [3.8, 4) is 40.3 Å². The van der Waals surface area contributed by atoms with Gasteiger partial charge in [0, 0.05) is 49.4 Å². The lowest BCUT2D eigenvalue weighted by Crippen LogP contribution is -1.98. The summed E-state index contributed by atoms with van der Waals surface area (Å²) in [6, 6.07) is 66.0. The number of hydrogen-bond acceptors (Lipinski definition) is 2. The largest absolute Gasteiger partial charge is 0.309 e. The summed E-state index contributed by atoms with van der Waals surface area (Å²) in [7, 11) is 0. The zero-order valence-electron chi connectivity index (χ0n) is 29.5. The van der Waals surface area contributed by atoms with E-state index in [0.29, 0.717) is 11.1 Å². The van der Waals surface area contributed by atoms with Gasteiger partial charge in [0.1, 0.15) is 0 Å². The van der Waals surface area contributed by atoms with Crippen LogP contribution in [0.1, 0.15) is 11.1 Å². The summed E-state index contributed by atoms with van der Waals surface area (Å²) in [6.45, 7) is 0. The van der Waals surface area contributed by atoms with Crippen LogP contribution in [0.25, 0.3) is 93.6 Å². The van der Waals surface area contributed by atoms with Gasteiger partial charge in [0.05, 0.1) is 56.4 Å². The summed E-state index contributed by atoms with van der Waals surface area (Å²) in [5, 5.41) is 27.1. The van der Waals surface area contributed by atoms with Gasteiger partial charge in [-0.2, -0.15) is 10.5 Å². The third-order valence-electron chi connectivity index (χ3n) is 11.1. The molecule has 0 bridgehead atoms. The van der Waals surface area contributed by atoms with Crippen molar-refractivity contribution in [3.05, 3.63) is 187 Å². The van der Waals surface area contributed by atoms with Crippen LogP contribution in [-0.4, -0.2) is 13.7 Å². The van der Waals surface area contributed by atoms with Gasteiger partial charge >= 0.3 is 0 Å². The standard InChI is InChI=1S/C50H29N5/c51-30-32-17-23-43-41-11-3-5-13-45(41)53(49(43)27-32)36-20-18-34(19-21-36)35-25-33(31-52)26-38(28-35)55-48-16-8-4-12-42(48)44-24-22-37(29-50(44)55)54-46-14-6-1-9-39(46)40-10-2-7-15-47(40)54/h1-29H. The Labute approximate surface area is 316 Å². The molecule has 0 saturated carbocycles. The third-order valence-corrected chi connectivity index (χ3v) is 11.1. The molecule has 0 unspecified atom stereocenters. The smallest absolute Gasteiger partial charge is 0.0992 e. The maximum atomic E-state index is 10.4. The molecule has 0 saturated heterocycles. The zero-order valence-corrected chi connectivity index (χ0v) is 29.5. The number of benzene rings is 8. The van der Waals surface area contributed by atoms with Gasteiger partial charge in [0.15, 0.2) is 0 Å². The van der Waals surface area contributed by atoms with Crippen molar-refractivity contribution in [2.24, 2.45) is 0 Å². The van der Waals surface area contributed by atoms with Crippen LogP contribution in [0.4, 0.5) is 0 Å². The molecule has 0 aliphatic heterocycles. The Morgan fingerprint density at radius 2 is 0.727 bits per heavy atom. The molecule has 5 nitrogen and oxygen atoms in total. The molecular formula is C50H29N5. The molecule has 0 atom stereocenters.